The van der Waals surface area contributed by atoms with Gasteiger partial charge in [-0.25, -0.2) is 9.78 Å². The first-order chi connectivity index (χ1) is 18.7. The average Bonchev–Trinajstić information content (AvgIpc) is 3.42. The molecule has 1 N–H and O–H groups in total. The predicted octanol–water partition coefficient (Wildman–Crippen LogP) is 6.74. The minimum absolute atomic E-state index is 0.101. The summed E-state index contributed by atoms with van der Waals surface area (Å²) in [7, 11) is 0. The number of rotatable bonds is 9. The number of aliphatic hydroxyl groups is 1. The summed E-state index contributed by atoms with van der Waals surface area (Å²) in [6.45, 7) is 6.01. The van der Waals surface area contributed by atoms with Crippen molar-refractivity contribution in [2.24, 2.45) is 0 Å². The Labute approximate surface area is 239 Å². The summed E-state index contributed by atoms with van der Waals surface area (Å²) in [5.74, 6) is -2.27. The molecule has 4 rings (SSSR count). The number of carbonyl (C=O) groups excluding carboxylic acids is 3. The van der Waals surface area contributed by atoms with E-state index in [0.29, 0.717) is 29.2 Å². The molecule has 1 amide bonds. The number of aryl methyl sites for hydroxylation is 1. The lowest BCUT2D eigenvalue weighted by molar-refractivity contribution is -0.132. The van der Waals surface area contributed by atoms with Gasteiger partial charge in [0.25, 0.3) is 5.78 Å². The van der Waals surface area contributed by atoms with E-state index in [1.807, 2.05) is 6.92 Å². The molecule has 1 fully saturated rings. The van der Waals surface area contributed by atoms with Crippen molar-refractivity contribution in [1.29, 1.82) is 0 Å². The van der Waals surface area contributed by atoms with Gasteiger partial charge in [-0.1, -0.05) is 66.1 Å². The van der Waals surface area contributed by atoms with E-state index < -0.39 is 23.7 Å². The summed E-state index contributed by atoms with van der Waals surface area (Å²) in [4.78, 5) is 45.1. The molecule has 0 spiro atoms. The van der Waals surface area contributed by atoms with Crippen molar-refractivity contribution in [3.63, 3.8) is 0 Å². The molecular weight excluding hydrogens is 563 g/mol. The molecule has 1 atom stereocenters. The van der Waals surface area contributed by atoms with Crippen LogP contribution in [0.5, 0.6) is 5.75 Å². The lowest BCUT2D eigenvalue weighted by Crippen LogP contribution is -2.29. The number of hydrogen-bond acceptors (Lipinski definition) is 8. The second-order valence-electron chi connectivity index (χ2n) is 8.70. The third kappa shape index (κ3) is 5.80. The van der Waals surface area contributed by atoms with Gasteiger partial charge in [0.2, 0.25) is 0 Å². The molecule has 2 heterocycles. The molecule has 2 aromatic carbocycles. The smallest absolute Gasteiger partial charge is 0.350 e. The van der Waals surface area contributed by atoms with Gasteiger partial charge < -0.3 is 14.6 Å². The maximum Gasteiger partial charge on any atom is 0.350 e. The van der Waals surface area contributed by atoms with Gasteiger partial charge in [-0.15, -0.1) is 0 Å². The maximum absolute atomic E-state index is 13.4. The molecular formula is C28H26Cl2N2O6S. The number of aromatic nitrogens is 1. The number of ether oxygens (including phenoxy) is 2. The molecule has 11 heteroatoms. The minimum Gasteiger partial charge on any atom is -0.507 e. The SMILES string of the molecule is CCCCOc1cccc(C(O)=C2C(=O)C(=O)N(c3nc(C)c(C(=O)OCC)s3)C2c2ccc(Cl)c(Cl)c2)c1. The Kier molecular flexibility index (Phi) is 8.94. The monoisotopic (exact) mass is 588 g/mol. The van der Waals surface area contributed by atoms with Crippen molar-refractivity contribution in [2.75, 3.05) is 18.1 Å². The number of carbonyl (C=O) groups is 3. The zero-order valence-corrected chi connectivity index (χ0v) is 23.8. The number of hydrogen-bond donors (Lipinski definition) is 1. The number of thiazole rings is 1. The molecule has 1 unspecified atom stereocenters. The van der Waals surface area contributed by atoms with Crippen LogP contribution in [0.4, 0.5) is 5.13 Å². The number of Topliss-reactive ketones (excluding diaryl/α,β-unsaturated/α-hetero) is 1. The van der Waals surface area contributed by atoms with E-state index in [4.69, 9.17) is 32.7 Å². The summed E-state index contributed by atoms with van der Waals surface area (Å²) in [5.41, 5.74) is 0.912. The first-order valence-corrected chi connectivity index (χ1v) is 13.9. The quantitative estimate of drug-likeness (QED) is 0.0969. The number of benzene rings is 2. The first-order valence-electron chi connectivity index (χ1n) is 12.3. The first kappa shape index (κ1) is 28.6. The van der Waals surface area contributed by atoms with E-state index in [1.165, 1.54) is 6.07 Å². The van der Waals surface area contributed by atoms with Crippen molar-refractivity contribution in [3.05, 3.63) is 79.8 Å². The minimum atomic E-state index is -1.09. The fraction of sp³-hybridized carbons (Fsp3) is 0.286. The lowest BCUT2D eigenvalue weighted by atomic mass is 9.95. The molecule has 1 aromatic heterocycles. The normalized spacial score (nSPS) is 16.5. The molecule has 0 saturated carbocycles. The number of aliphatic hydroxyl groups excluding tert-OH is 1. The number of ketones is 1. The number of esters is 1. The van der Waals surface area contributed by atoms with Crippen LogP contribution in [0, 0.1) is 6.92 Å². The zero-order chi connectivity index (χ0) is 28.3. The second-order valence-corrected chi connectivity index (χ2v) is 10.5. The van der Waals surface area contributed by atoms with Crippen LogP contribution in [0.15, 0.2) is 48.0 Å². The van der Waals surface area contributed by atoms with Crippen LogP contribution >= 0.6 is 34.5 Å². The number of unbranched alkanes of at least 4 members (excludes halogenated alkanes) is 1. The van der Waals surface area contributed by atoms with E-state index in [9.17, 15) is 19.5 Å². The van der Waals surface area contributed by atoms with E-state index in [1.54, 1.807) is 50.2 Å². The molecule has 1 aliphatic heterocycles. The highest BCUT2D eigenvalue weighted by atomic mass is 35.5. The number of halogens is 2. The van der Waals surface area contributed by atoms with Crippen molar-refractivity contribution >= 4 is 63.1 Å². The van der Waals surface area contributed by atoms with Gasteiger partial charge >= 0.3 is 11.9 Å². The van der Waals surface area contributed by atoms with Crippen LogP contribution in [0.2, 0.25) is 10.0 Å². The van der Waals surface area contributed by atoms with Gasteiger partial charge in [-0.2, -0.15) is 0 Å². The summed E-state index contributed by atoms with van der Waals surface area (Å²) in [5, 5.41) is 12.0. The lowest BCUT2D eigenvalue weighted by Gasteiger charge is -2.23. The molecule has 204 valence electrons. The summed E-state index contributed by atoms with van der Waals surface area (Å²) in [6.07, 6.45) is 1.82. The van der Waals surface area contributed by atoms with Gasteiger partial charge in [0.05, 0.1) is 40.6 Å². The van der Waals surface area contributed by atoms with Crippen LogP contribution in [0.3, 0.4) is 0 Å². The van der Waals surface area contributed by atoms with E-state index in [0.717, 1.165) is 29.1 Å². The highest BCUT2D eigenvalue weighted by Gasteiger charge is 2.48. The van der Waals surface area contributed by atoms with Crippen molar-refractivity contribution in [3.8, 4) is 5.75 Å². The Morgan fingerprint density at radius 2 is 1.90 bits per heavy atom. The Hall–Kier alpha value is -3.40. The Morgan fingerprint density at radius 3 is 2.59 bits per heavy atom. The third-order valence-electron chi connectivity index (χ3n) is 6.03. The van der Waals surface area contributed by atoms with Crippen LogP contribution in [-0.4, -0.2) is 41.0 Å². The van der Waals surface area contributed by atoms with Gasteiger partial charge in [0.15, 0.2) is 5.13 Å². The van der Waals surface area contributed by atoms with Gasteiger partial charge in [0.1, 0.15) is 16.4 Å². The van der Waals surface area contributed by atoms with Crippen molar-refractivity contribution in [2.45, 2.75) is 39.7 Å². The molecule has 3 aromatic rings. The number of anilines is 1. The molecule has 0 radical (unpaired) electrons. The van der Waals surface area contributed by atoms with Crippen molar-refractivity contribution in [1.82, 2.24) is 4.98 Å². The van der Waals surface area contributed by atoms with E-state index in [2.05, 4.69) is 4.98 Å². The Bertz CT molecular complexity index is 1470. The highest BCUT2D eigenvalue weighted by molar-refractivity contribution is 7.17. The fourth-order valence-electron chi connectivity index (χ4n) is 4.12. The zero-order valence-electron chi connectivity index (χ0n) is 21.5. The van der Waals surface area contributed by atoms with Gasteiger partial charge in [-0.05, 0) is 50.1 Å². The van der Waals surface area contributed by atoms with E-state index in [-0.39, 0.29) is 38.0 Å². The standard InChI is InChI=1S/C28H26Cl2N2O6S/c1-4-6-12-38-18-9-7-8-17(13-18)23(33)21-22(16-10-11-19(29)20(30)14-16)32(26(35)24(21)34)28-31-15(3)25(39-28)27(36)37-5-2/h7-11,13-14,22,33H,4-6,12H2,1-3H3. The van der Waals surface area contributed by atoms with Crippen LogP contribution < -0.4 is 9.64 Å². The Morgan fingerprint density at radius 1 is 1.13 bits per heavy atom. The Balaban J connectivity index is 1.87. The molecule has 0 aliphatic carbocycles. The predicted molar refractivity (Wildman–Crippen MR) is 151 cm³/mol. The fourth-order valence-corrected chi connectivity index (χ4v) is 5.42. The average molecular weight is 589 g/mol. The second kappa shape index (κ2) is 12.2. The van der Waals surface area contributed by atoms with Gasteiger partial charge in [0, 0.05) is 5.56 Å². The van der Waals surface area contributed by atoms with Crippen LogP contribution in [-0.2, 0) is 14.3 Å². The molecule has 0 bridgehead atoms. The summed E-state index contributed by atoms with van der Waals surface area (Å²) >= 11 is 13.4. The number of nitrogens with zero attached hydrogens (tertiary/aromatic N) is 2. The highest BCUT2D eigenvalue weighted by Crippen LogP contribution is 2.45. The molecule has 39 heavy (non-hydrogen) atoms. The topological polar surface area (TPSA) is 106 Å². The van der Waals surface area contributed by atoms with Crippen LogP contribution in [0.1, 0.15) is 59.2 Å². The summed E-state index contributed by atoms with van der Waals surface area (Å²) in [6, 6.07) is 10.3. The van der Waals surface area contributed by atoms with Crippen LogP contribution in [0.25, 0.3) is 5.76 Å². The van der Waals surface area contributed by atoms with E-state index >= 15 is 0 Å². The largest absolute Gasteiger partial charge is 0.507 e. The molecule has 1 aliphatic rings. The van der Waals surface area contributed by atoms with Crippen molar-refractivity contribution < 1.29 is 29.0 Å². The van der Waals surface area contributed by atoms with Gasteiger partial charge in [-0.3, -0.25) is 14.5 Å². The number of amides is 1. The summed E-state index contributed by atoms with van der Waals surface area (Å²) < 4.78 is 10.9. The molecule has 8 nitrogen and oxygen atoms in total. The third-order valence-corrected chi connectivity index (χ3v) is 7.91. The maximum atomic E-state index is 13.4. The molecule has 1 saturated heterocycles.